The number of carbonyl (C=O) groups is 1. The molecule has 1 aliphatic rings. The first-order valence-electron chi connectivity index (χ1n) is 7.07. The fraction of sp³-hybridized carbons (Fsp3) is 0.533. The second-order valence-electron chi connectivity index (χ2n) is 4.94. The highest BCUT2D eigenvalue weighted by Crippen LogP contribution is 2.30. The highest BCUT2D eigenvalue weighted by atomic mass is 35.5. The molecule has 2 N–H and O–H groups in total. The second-order valence-corrected chi connectivity index (χ2v) is 4.94. The second kappa shape index (κ2) is 7.39. The summed E-state index contributed by atoms with van der Waals surface area (Å²) in [5, 5.41) is 0. The van der Waals surface area contributed by atoms with E-state index < -0.39 is 0 Å². The SMILES string of the molecule is CCN(CC)C(=O)CN1CCCc2c(N)cccc21.Cl. The van der Waals surface area contributed by atoms with Crippen molar-refractivity contribution in [1.29, 1.82) is 0 Å². The molecular weight excluding hydrogens is 274 g/mol. The molecule has 0 aliphatic carbocycles. The number of halogens is 1. The Bertz CT molecular complexity index is 460. The number of hydrogen-bond acceptors (Lipinski definition) is 3. The van der Waals surface area contributed by atoms with Crippen molar-refractivity contribution < 1.29 is 4.79 Å². The number of fused-ring (bicyclic) bond motifs is 1. The molecule has 1 amide bonds. The molecule has 0 saturated heterocycles. The third-order valence-corrected chi connectivity index (χ3v) is 3.83. The van der Waals surface area contributed by atoms with Crippen LogP contribution in [0.5, 0.6) is 0 Å². The predicted octanol–water partition coefficient (Wildman–Crippen LogP) is 2.31. The first kappa shape index (κ1) is 16.6. The number of benzene rings is 1. The van der Waals surface area contributed by atoms with Crippen molar-refractivity contribution in [3.63, 3.8) is 0 Å². The molecular formula is C15H24ClN3O. The van der Waals surface area contributed by atoms with Crippen molar-refractivity contribution in [1.82, 2.24) is 4.90 Å². The van der Waals surface area contributed by atoms with Crippen LogP contribution < -0.4 is 10.6 Å². The molecule has 5 heteroatoms. The van der Waals surface area contributed by atoms with Gasteiger partial charge in [0.2, 0.25) is 5.91 Å². The van der Waals surface area contributed by atoms with Gasteiger partial charge in [0.25, 0.3) is 0 Å². The highest BCUT2D eigenvalue weighted by molar-refractivity contribution is 5.85. The zero-order valence-electron chi connectivity index (χ0n) is 12.3. The van der Waals surface area contributed by atoms with Gasteiger partial charge in [0.1, 0.15) is 0 Å². The number of likely N-dealkylation sites (N-methyl/N-ethyl adjacent to an activating group) is 1. The monoisotopic (exact) mass is 297 g/mol. The number of nitrogen functional groups attached to an aromatic ring is 1. The molecule has 20 heavy (non-hydrogen) atoms. The summed E-state index contributed by atoms with van der Waals surface area (Å²) in [4.78, 5) is 16.3. The molecule has 2 rings (SSSR count). The number of carbonyl (C=O) groups excluding carboxylic acids is 1. The van der Waals surface area contributed by atoms with Crippen molar-refractivity contribution in [2.45, 2.75) is 26.7 Å². The average molecular weight is 298 g/mol. The van der Waals surface area contributed by atoms with Crippen LogP contribution >= 0.6 is 12.4 Å². The van der Waals surface area contributed by atoms with Crippen molar-refractivity contribution in [3.05, 3.63) is 23.8 Å². The van der Waals surface area contributed by atoms with Gasteiger partial charge in [-0.3, -0.25) is 4.79 Å². The summed E-state index contributed by atoms with van der Waals surface area (Å²) in [6, 6.07) is 5.98. The lowest BCUT2D eigenvalue weighted by Crippen LogP contribution is -2.42. The minimum absolute atomic E-state index is 0. The topological polar surface area (TPSA) is 49.6 Å². The Morgan fingerprint density at radius 2 is 2.05 bits per heavy atom. The fourth-order valence-electron chi connectivity index (χ4n) is 2.73. The van der Waals surface area contributed by atoms with Crippen LogP contribution in [-0.4, -0.2) is 37.0 Å². The van der Waals surface area contributed by atoms with E-state index in [0.29, 0.717) is 6.54 Å². The fourth-order valence-corrected chi connectivity index (χ4v) is 2.73. The van der Waals surface area contributed by atoms with Crippen LogP contribution in [0.2, 0.25) is 0 Å². The largest absolute Gasteiger partial charge is 0.398 e. The molecule has 1 aromatic rings. The van der Waals surface area contributed by atoms with Gasteiger partial charge < -0.3 is 15.5 Å². The number of amides is 1. The number of hydrogen-bond donors (Lipinski definition) is 1. The van der Waals surface area contributed by atoms with Gasteiger partial charge in [0.05, 0.1) is 6.54 Å². The van der Waals surface area contributed by atoms with Crippen LogP contribution in [-0.2, 0) is 11.2 Å². The molecule has 1 aliphatic heterocycles. The van der Waals surface area contributed by atoms with Crippen molar-refractivity contribution in [3.8, 4) is 0 Å². The van der Waals surface area contributed by atoms with Crippen LogP contribution in [0.4, 0.5) is 11.4 Å². The smallest absolute Gasteiger partial charge is 0.242 e. The van der Waals surface area contributed by atoms with E-state index in [1.807, 2.05) is 30.9 Å². The van der Waals surface area contributed by atoms with Gasteiger partial charge in [-0.05, 0) is 44.4 Å². The van der Waals surface area contributed by atoms with E-state index >= 15 is 0 Å². The van der Waals surface area contributed by atoms with Gasteiger partial charge in [-0.25, -0.2) is 0 Å². The van der Waals surface area contributed by atoms with Gasteiger partial charge in [0, 0.05) is 31.0 Å². The molecule has 4 nitrogen and oxygen atoms in total. The summed E-state index contributed by atoms with van der Waals surface area (Å²) in [6.45, 7) is 6.97. The molecule has 0 spiro atoms. The molecule has 0 fully saturated rings. The number of rotatable bonds is 4. The van der Waals surface area contributed by atoms with E-state index in [1.54, 1.807) is 0 Å². The number of nitrogens with two attached hydrogens (primary N) is 1. The van der Waals surface area contributed by atoms with Gasteiger partial charge in [-0.15, -0.1) is 12.4 Å². The minimum Gasteiger partial charge on any atom is -0.398 e. The summed E-state index contributed by atoms with van der Waals surface area (Å²) >= 11 is 0. The Hall–Kier alpha value is -1.42. The zero-order valence-corrected chi connectivity index (χ0v) is 13.1. The lowest BCUT2D eigenvalue weighted by atomic mass is 10.00. The molecule has 0 unspecified atom stereocenters. The van der Waals surface area contributed by atoms with Gasteiger partial charge in [-0.1, -0.05) is 6.07 Å². The van der Waals surface area contributed by atoms with E-state index in [0.717, 1.165) is 43.9 Å². The summed E-state index contributed by atoms with van der Waals surface area (Å²) in [6.07, 6.45) is 2.07. The van der Waals surface area contributed by atoms with Crippen molar-refractivity contribution >= 4 is 29.7 Å². The molecule has 0 radical (unpaired) electrons. The van der Waals surface area contributed by atoms with Gasteiger partial charge >= 0.3 is 0 Å². The molecule has 1 aromatic carbocycles. The van der Waals surface area contributed by atoms with E-state index in [4.69, 9.17) is 5.73 Å². The summed E-state index contributed by atoms with van der Waals surface area (Å²) in [5.41, 5.74) is 9.20. The molecule has 0 bridgehead atoms. The minimum atomic E-state index is 0. The molecule has 0 atom stereocenters. The lowest BCUT2D eigenvalue weighted by molar-refractivity contribution is -0.129. The molecule has 112 valence electrons. The van der Waals surface area contributed by atoms with Gasteiger partial charge in [-0.2, -0.15) is 0 Å². The molecule has 1 heterocycles. The van der Waals surface area contributed by atoms with Gasteiger partial charge in [0.15, 0.2) is 0 Å². The maximum absolute atomic E-state index is 12.2. The Kier molecular flexibility index (Phi) is 6.14. The van der Waals surface area contributed by atoms with Crippen molar-refractivity contribution in [2.75, 3.05) is 36.8 Å². The van der Waals surface area contributed by atoms with Crippen LogP contribution in [0.15, 0.2) is 18.2 Å². The Balaban J connectivity index is 0.00000200. The summed E-state index contributed by atoms with van der Waals surface area (Å²) < 4.78 is 0. The maximum Gasteiger partial charge on any atom is 0.242 e. The zero-order chi connectivity index (χ0) is 13.8. The van der Waals surface area contributed by atoms with E-state index in [2.05, 4.69) is 11.0 Å². The average Bonchev–Trinajstić information content (AvgIpc) is 2.41. The third-order valence-electron chi connectivity index (χ3n) is 3.83. The van der Waals surface area contributed by atoms with E-state index in [9.17, 15) is 4.79 Å². The standard InChI is InChI=1S/C15H23N3O.ClH/c1-3-17(4-2)15(19)11-18-10-6-7-12-13(16)8-5-9-14(12)18;/h5,8-9H,3-4,6-7,10-11,16H2,1-2H3;1H. The first-order chi connectivity index (χ1) is 9.17. The highest BCUT2D eigenvalue weighted by Gasteiger charge is 2.21. The Morgan fingerprint density at radius 1 is 1.35 bits per heavy atom. The third kappa shape index (κ3) is 3.37. The normalized spacial score (nSPS) is 13.4. The van der Waals surface area contributed by atoms with Crippen LogP contribution in [0.1, 0.15) is 25.8 Å². The van der Waals surface area contributed by atoms with Crippen molar-refractivity contribution in [2.24, 2.45) is 0 Å². The van der Waals surface area contributed by atoms with Crippen LogP contribution in [0.25, 0.3) is 0 Å². The number of nitrogens with zero attached hydrogens (tertiary/aromatic N) is 2. The predicted molar refractivity (Wildman–Crippen MR) is 86.6 cm³/mol. The molecule has 0 saturated carbocycles. The Morgan fingerprint density at radius 3 is 2.70 bits per heavy atom. The van der Waals surface area contributed by atoms with E-state index in [1.165, 1.54) is 5.56 Å². The lowest BCUT2D eigenvalue weighted by Gasteiger charge is -2.33. The quantitative estimate of drug-likeness (QED) is 0.868. The van der Waals surface area contributed by atoms with Crippen LogP contribution in [0, 0.1) is 0 Å². The van der Waals surface area contributed by atoms with Crippen LogP contribution in [0.3, 0.4) is 0 Å². The summed E-state index contributed by atoms with van der Waals surface area (Å²) in [5.74, 6) is 0.195. The number of anilines is 2. The Labute approximate surface area is 127 Å². The maximum atomic E-state index is 12.2. The van der Waals surface area contributed by atoms with E-state index in [-0.39, 0.29) is 18.3 Å². The first-order valence-corrected chi connectivity index (χ1v) is 7.07. The molecule has 0 aromatic heterocycles. The summed E-state index contributed by atoms with van der Waals surface area (Å²) in [7, 11) is 0.